The minimum Gasteiger partial charge on any atom is -0.255 e. The lowest BCUT2D eigenvalue weighted by Gasteiger charge is -2.33. The van der Waals surface area contributed by atoms with E-state index in [0.717, 1.165) is 22.9 Å². The molecule has 2 radical (unpaired) electrons. The van der Waals surface area contributed by atoms with Crippen LogP contribution in [0.4, 0.5) is 0 Å². The Balaban J connectivity index is 0.000000184. The molecule has 1 heterocycles. The predicted molar refractivity (Wildman–Crippen MR) is 170 cm³/mol. The van der Waals surface area contributed by atoms with E-state index < -0.39 is 8.07 Å². The van der Waals surface area contributed by atoms with Crippen LogP contribution < -0.4 is 15.6 Å². The maximum atomic E-state index is 5.67. The summed E-state index contributed by atoms with van der Waals surface area (Å²) in [6.07, 6.45) is 4.25. The predicted octanol–water partition coefficient (Wildman–Crippen LogP) is 5.23. The summed E-state index contributed by atoms with van der Waals surface area (Å²) in [5, 5.41) is 8.55. The van der Waals surface area contributed by atoms with Crippen LogP contribution in [-0.2, 0) is 6.17 Å². The molecule has 0 spiro atoms. The maximum Gasteiger partial charge on any atom is 0.169 e. The van der Waals surface area contributed by atoms with E-state index >= 15 is 0 Å². The van der Waals surface area contributed by atoms with E-state index in [9.17, 15) is 0 Å². The number of hydrogen-bond donors (Lipinski definition) is 0. The Hall–Kier alpha value is -4.74. The Bertz CT molecular complexity index is 1450. The molecular formula is C35H30BN3Si. The molecule has 6 rings (SSSR count). The van der Waals surface area contributed by atoms with Crippen LogP contribution in [0.15, 0.2) is 170 Å². The number of nitrogens with zero attached hydrogens (tertiary/aromatic N) is 3. The van der Waals surface area contributed by atoms with Crippen molar-refractivity contribution in [2.24, 2.45) is 0 Å². The molecule has 0 aliphatic heterocycles. The zero-order chi connectivity index (χ0) is 27.5. The highest BCUT2D eigenvalue weighted by Gasteiger charge is 2.40. The van der Waals surface area contributed by atoms with Gasteiger partial charge in [0, 0.05) is 6.17 Å². The molecule has 0 saturated heterocycles. The Morgan fingerprint density at radius 3 is 1.27 bits per heavy atom. The average Bonchev–Trinajstić information content (AvgIpc) is 3.56. The number of aromatic nitrogens is 3. The zero-order valence-corrected chi connectivity index (χ0v) is 23.3. The summed E-state index contributed by atoms with van der Waals surface area (Å²) in [6, 6.07) is 52.8. The van der Waals surface area contributed by atoms with E-state index in [4.69, 9.17) is 7.85 Å². The topological polar surface area (TPSA) is 30.7 Å². The second kappa shape index (κ2) is 13.4. The van der Waals surface area contributed by atoms with Crippen LogP contribution >= 0.6 is 0 Å². The molecule has 192 valence electrons. The fourth-order valence-electron chi connectivity index (χ4n) is 5.09. The minimum atomic E-state index is -2.27. The molecule has 0 aliphatic carbocycles. The number of benzene rings is 5. The lowest BCUT2D eigenvalue weighted by atomic mass is 9.92. The van der Waals surface area contributed by atoms with E-state index in [1.165, 1.54) is 15.6 Å². The molecule has 0 amide bonds. The van der Waals surface area contributed by atoms with Crippen molar-refractivity contribution >= 4 is 37.1 Å². The Kier molecular flexibility index (Phi) is 8.97. The van der Waals surface area contributed by atoms with Gasteiger partial charge in [0.05, 0.1) is 0 Å². The van der Waals surface area contributed by atoms with Crippen molar-refractivity contribution in [1.29, 1.82) is 0 Å². The van der Waals surface area contributed by atoms with Crippen molar-refractivity contribution in [2.45, 2.75) is 6.17 Å². The largest absolute Gasteiger partial charge is 0.255 e. The average molecular weight is 532 g/mol. The van der Waals surface area contributed by atoms with Crippen molar-refractivity contribution in [3.8, 4) is 0 Å². The van der Waals surface area contributed by atoms with Gasteiger partial charge in [0.15, 0.2) is 8.07 Å². The molecule has 0 bridgehead atoms. The molecule has 5 heteroatoms. The third kappa shape index (κ3) is 6.11. The lowest BCUT2D eigenvalue weighted by molar-refractivity contribution is 0.730. The Morgan fingerprint density at radius 2 is 0.950 bits per heavy atom. The third-order valence-electron chi connectivity index (χ3n) is 7.00. The number of rotatable bonds is 7. The maximum absolute atomic E-state index is 5.67. The summed E-state index contributed by atoms with van der Waals surface area (Å²) in [5.41, 5.74) is 3.36. The quantitative estimate of drug-likeness (QED) is 0.209. The van der Waals surface area contributed by atoms with Crippen LogP contribution in [0.25, 0.3) is 5.57 Å². The molecular weight excluding hydrogens is 501 g/mol. The number of hydrogen-bond acceptors (Lipinski definition) is 2. The van der Waals surface area contributed by atoms with Crippen LogP contribution in [0, 0.1) is 0 Å². The molecule has 0 N–H and O–H groups in total. The van der Waals surface area contributed by atoms with Gasteiger partial charge in [0.25, 0.3) is 0 Å². The van der Waals surface area contributed by atoms with Gasteiger partial charge in [-0.05, 0) is 32.3 Å². The monoisotopic (exact) mass is 531 g/mol. The van der Waals surface area contributed by atoms with Crippen molar-refractivity contribution in [3.05, 3.63) is 181 Å². The lowest BCUT2D eigenvalue weighted by Crippen LogP contribution is -2.69. The highest BCUT2D eigenvalue weighted by molar-refractivity contribution is 7.10. The summed E-state index contributed by atoms with van der Waals surface area (Å²) in [7, 11) is 3.41. The van der Waals surface area contributed by atoms with Crippen LogP contribution in [0.2, 0.25) is 0 Å². The second-order valence-corrected chi connectivity index (χ2v) is 13.3. The summed E-state index contributed by atoms with van der Waals surface area (Å²) in [6.45, 7) is 0. The highest BCUT2D eigenvalue weighted by Crippen LogP contribution is 2.21. The van der Waals surface area contributed by atoms with E-state index in [1.54, 1.807) is 12.3 Å². The van der Waals surface area contributed by atoms with Gasteiger partial charge < -0.3 is 0 Å². The highest BCUT2D eigenvalue weighted by atomic mass is 28.3. The first kappa shape index (κ1) is 26.9. The fourth-order valence-corrected chi connectivity index (χ4v) is 9.58. The van der Waals surface area contributed by atoms with Crippen LogP contribution in [-0.4, -0.2) is 30.7 Å². The molecule has 0 saturated carbocycles. The molecule has 5 aromatic carbocycles. The van der Waals surface area contributed by atoms with E-state index in [-0.39, 0.29) is 0 Å². The SMILES string of the molecule is [B]C=C(c1ccccc1)c1ccccc1.c1ccc([Si](Cn2cncn2)(c2ccccc2)c2ccccc2)cc1. The normalized spacial score (nSPS) is 10.7. The van der Waals surface area contributed by atoms with Gasteiger partial charge in [-0.1, -0.05) is 152 Å². The van der Waals surface area contributed by atoms with Gasteiger partial charge in [-0.3, -0.25) is 4.68 Å². The molecule has 3 nitrogen and oxygen atoms in total. The van der Waals surface area contributed by atoms with E-state index in [0.29, 0.717) is 0 Å². The molecule has 6 aromatic rings. The van der Waals surface area contributed by atoms with E-state index in [1.807, 2.05) is 47.4 Å². The van der Waals surface area contributed by atoms with Gasteiger partial charge >= 0.3 is 0 Å². The zero-order valence-electron chi connectivity index (χ0n) is 22.3. The second-order valence-electron chi connectivity index (χ2n) is 9.41. The Labute approximate surface area is 238 Å². The molecule has 0 atom stereocenters. The smallest absolute Gasteiger partial charge is 0.169 e. The van der Waals surface area contributed by atoms with Crippen molar-refractivity contribution in [2.75, 3.05) is 0 Å². The van der Waals surface area contributed by atoms with Crippen LogP contribution in [0.5, 0.6) is 0 Å². The van der Waals surface area contributed by atoms with Gasteiger partial charge in [-0.15, -0.1) is 5.98 Å². The fraction of sp³-hybridized carbons (Fsp3) is 0.0286. The van der Waals surface area contributed by atoms with Gasteiger partial charge in [-0.2, -0.15) is 5.10 Å². The summed E-state index contributed by atoms with van der Waals surface area (Å²) in [5.74, 6) is 1.66. The van der Waals surface area contributed by atoms with Crippen LogP contribution in [0.1, 0.15) is 11.1 Å². The molecule has 0 fully saturated rings. The summed E-state index contributed by atoms with van der Waals surface area (Å²) in [4.78, 5) is 4.16. The van der Waals surface area contributed by atoms with Gasteiger partial charge in [0.1, 0.15) is 20.5 Å². The summed E-state index contributed by atoms with van der Waals surface area (Å²) < 4.78 is 1.97. The Morgan fingerprint density at radius 1 is 0.575 bits per heavy atom. The molecule has 0 unspecified atom stereocenters. The van der Waals surface area contributed by atoms with E-state index in [2.05, 4.69) is 125 Å². The minimum absolute atomic E-state index is 0.824. The van der Waals surface area contributed by atoms with Crippen LogP contribution in [0.3, 0.4) is 0 Å². The van der Waals surface area contributed by atoms with Gasteiger partial charge in [0.2, 0.25) is 0 Å². The van der Waals surface area contributed by atoms with Gasteiger partial charge in [-0.25, -0.2) is 4.98 Å². The van der Waals surface area contributed by atoms with Crippen molar-refractivity contribution in [1.82, 2.24) is 14.8 Å². The summed E-state index contributed by atoms with van der Waals surface area (Å²) >= 11 is 0. The van der Waals surface area contributed by atoms with Crippen molar-refractivity contribution < 1.29 is 0 Å². The molecule has 0 aliphatic rings. The third-order valence-corrected chi connectivity index (χ3v) is 11.8. The molecule has 40 heavy (non-hydrogen) atoms. The first-order chi connectivity index (χ1) is 19.8. The van der Waals surface area contributed by atoms with Crippen molar-refractivity contribution in [3.63, 3.8) is 0 Å². The first-order valence-corrected chi connectivity index (χ1v) is 15.5. The standard InChI is InChI=1S/C21H19N3Si.C14H11B/c1-4-10-19(11-5-1)25(18-24-17-22-16-23-24,20-12-6-2-7-13-20)21-14-8-3-9-15-21;15-11-14(12-7-3-1-4-8-12)13-9-5-2-6-10-13/h1-17H,18H2;1-11H. The first-order valence-electron chi connectivity index (χ1n) is 13.3. The molecule has 1 aromatic heterocycles.